The third-order valence-corrected chi connectivity index (χ3v) is 3.12. The van der Waals surface area contributed by atoms with Crippen molar-refractivity contribution < 1.29 is 4.74 Å². The Bertz CT molecular complexity index is 416. The quantitative estimate of drug-likeness (QED) is 0.627. The average Bonchev–Trinajstić information content (AvgIpc) is 2.84. The number of benzene rings is 1. The summed E-state index contributed by atoms with van der Waals surface area (Å²) in [5, 5.41) is 6.91. The van der Waals surface area contributed by atoms with E-state index in [1.54, 1.807) is 0 Å². The van der Waals surface area contributed by atoms with Gasteiger partial charge in [0.05, 0.1) is 6.61 Å². The van der Waals surface area contributed by atoms with Gasteiger partial charge in [-0.1, -0.05) is 20.4 Å². The smallest absolute Gasteiger partial charge is 0.119 e. The van der Waals surface area contributed by atoms with E-state index in [4.69, 9.17) is 4.74 Å². The van der Waals surface area contributed by atoms with E-state index >= 15 is 0 Å². The van der Waals surface area contributed by atoms with E-state index in [0.29, 0.717) is 0 Å². The molecular formula is C11H11BrN2OS. The minimum Gasteiger partial charge on any atom is -0.494 e. The van der Waals surface area contributed by atoms with Crippen molar-refractivity contribution in [1.29, 1.82) is 0 Å². The van der Waals surface area contributed by atoms with Crippen LogP contribution in [0, 0.1) is 0 Å². The molecule has 84 valence electrons. The van der Waals surface area contributed by atoms with Gasteiger partial charge in [0.2, 0.25) is 0 Å². The first kappa shape index (κ1) is 11.5. The van der Waals surface area contributed by atoms with Gasteiger partial charge in [-0.05, 0) is 42.2 Å². The maximum Gasteiger partial charge on any atom is 0.119 e. The van der Waals surface area contributed by atoms with Gasteiger partial charge < -0.3 is 4.74 Å². The molecule has 0 aliphatic rings. The molecule has 0 unspecified atom stereocenters. The van der Waals surface area contributed by atoms with Crippen LogP contribution in [0.4, 0.5) is 0 Å². The molecule has 2 aromatic rings. The molecule has 0 bridgehead atoms. The minimum absolute atomic E-state index is 0.739. The lowest BCUT2D eigenvalue weighted by molar-refractivity contribution is 0.319. The summed E-state index contributed by atoms with van der Waals surface area (Å²) < 4.78 is 9.39. The maximum atomic E-state index is 5.56. The van der Waals surface area contributed by atoms with Gasteiger partial charge in [-0.15, -0.1) is 5.10 Å². The predicted octanol–water partition coefficient (Wildman–Crippen LogP) is 3.37. The molecule has 0 N–H and O–H groups in total. The fourth-order valence-corrected chi connectivity index (χ4v) is 1.95. The van der Waals surface area contributed by atoms with Gasteiger partial charge >= 0.3 is 0 Å². The molecule has 1 heterocycles. The number of halogens is 1. The molecule has 0 atom stereocenters. The van der Waals surface area contributed by atoms with Gasteiger partial charge in [0.1, 0.15) is 11.4 Å². The van der Waals surface area contributed by atoms with Crippen LogP contribution in [-0.2, 0) is 0 Å². The van der Waals surface area contributed by atoms with E-state index in [-0.39, 0.29) is 0 Å². The van der Waals surface area contributed by atoms with Crippen molar-refractivity contribution in [2.45, 2.75) is 6.42 Å². The Morgan fingerprint density at radius 3 is 2.69 bits per heavy atom. The number of hydrogen-bond donors (Lipinski definition) is 0. The van der Waals surface area contributed by atoms with Crippen LogP contribution >= 0.6 is 27.5 Å². The number of rotatable bonds is 5. The first-order valence-corrected chi connectivity index (χ1v) is 6.92. The van der Waals surface area contributed by atoms with Gasteiger partial charge in [0.15, 0.2) is 0 Å². The molecule has 0 amide bonds. The summed E-state index contributed by atoms with van der Waals surface area (Å²) in [6.45, 7) is 0.739. The van der Waals surface area contributed by atoms with E-state index < -0.39 is 0 Å². The SMILES string of the molecule is BrCCCOc1ccc(-c2csnn2)cc1. The lowest BCUT2D eigenvalue weighted by Gasteiger charge is -2.05. The molecule has 1 aromatic heterocycles. The fourth-order valence-electron chi connectivity index (χ4n) is 1.26. The Balaban J connectivity index is 2.00. The monoisotopic (exact) mass is 298 g/mol. The van der Waals surface area contributed by atoms with Crippen molar-refractivity contribution in [3.05, 3.63) is 29.6 Å². The molecule has 0 radical (unpaired) electrons. The van der Waals surface area contributed by atoms with Crippen LogP contribution in [0.1, 0.15) is 6.42 Å². The summed E-state index contributed by atoms with van der Waals surface area (Å²) >= 11 is 4.72. The standard InChI is InChI=1S/C11H11BrN2OS/c12-6-1-7-15-10-4-2-9(3-5-10)11-8-16-14-13-11/h2-5,8H,1,6-7H2. The van der Waals surface area contributed by atoms with Crippen molar-refractivity contribution in [2.24, 2.45) is 0 Å². The van der Waals surface area contributed by atoms with Crippen LogP contribution in [-0.4, -0.2) is 21.5 Å². The van der Waals surface area contributed by atoms with E-state index in [2.05, 4.69) is 25.5 Å². The van der Waals surface area contributed by atoms with Gasteiger partial charge in [-0.25, -0.2) is 0 Å². The zero-order valence-electron chi connectivity index (χ0n) is 8.60. The van der Waals surface area contributed by atoms with Crippen LogP contribution in [0.5, 0.6) is 5.75 Å². The Hall–Kier alpha value is -0.940. The van der Waals surface area contributed by atoms with E-state index in [9.17, 15) is 0 Å². The zero-order valence-corrected chi connectivity index (χ0v) is 11.0. The summed E-state index contributed by atoms with van der Waals surface area (Å²) in [6.07, 6.45) is 1.01. The summed E-state index contributed by atoms with van der Waals surface area (Å²) in [4.78, 5) is 0. The largest absolute Gasteiger partial charge is 0.494 e. The first-order valence-electron chi connectivity index (χ1n) is 4.96. The number of alkyl halides is 1. The minimum atomic E-state index is 0.739. The highest BCUT2D eigenvalue weighted by Gasteiger charge is 2.00. The molecule has 2 rings (SSSR count). The zero-order chi connectivity index (χ0) is 11.2. The maximum absolute atomic E-state index is 5.56. The fraction of sp³-hybridized carbons (Fsp3) is 0.273. The van der Waals surface area contributed by atoms with Gasteiger partial charge in [-0.3, -0.25) is 0 Å². The van der Waals surface area contributed by atoms with Crippen LogP contribution < -0.4 is 4.74 Å². The lowest BCUT2D eigenvalue weighted by Crippen LogP contribution is -1.97. The Labute approximate surface area is 107 Å². The van der Waals surface area contributed by atoms with Crippen LogP contribution in [0.3, 0.4) is 0 Å². The topological polar surface area (TPSA) is 35.0 Å². The highest BCUT2D eigenvalue weighted by molar-refractivity contribution is 9.09. The van der Waals surface area contributed by atoms with Crippen molar-refractivity contribution in [1.82, 2.24) is 9.59 Å². The number of aromatic nitrogens is 2. The molecule has 1 aromatic carbocycles. The highest BCUT2D eigenvalue weighted by atomic mass is 79.9. The summed E-state index contributed by atoms with van der Waals surface area (Å²) in [5.41, 5.74) is 1.98. The van der Waals surface area contributed by atoms with Crippen molar-refractivity contribution >= 4 is 27.5 Å². The van der Waals surface area contributed by atoms with E-state index in [1.165, 1.54) is 11.5 Å². The Kier molecular flexibility index (Phi) is 4.30. The van der Waals surface area contributed by atoms with Crippen molar-refractivity contribution in [3.8, 4) is 17.0 Å². The third kappa shape index (κ3) is 3.02. The number of ether oxygens (including phenoxy) is 1. The molecule has 0 aliphatic heterocycles. The number of hydrogen-bond acceptors (Lipinski definition) is 4. The molecule has 5 heteroatoms. The second kappa shape index (κ2) is 5.96. The van der Waals surface area contributed by atoms with Crippen molar-refractivity contribution in [3.63, 3.8) is 0 Å². The van der Waals surface area contributed by atoms with Gasteiger partial charge in [0, 0.05) is 16.3 Å². The predicted molar refractivity (Wildman–Crippen MR) is 69.3 cm³/mol. The molecule has 16 heavy (non-hydrogen) atoms. The highest BCUT2D eigenvalue weighted by Crippen LogP contribution is 2.21. The summed E-state index contributed by atoms with van der Waals surface area (Å²) in [6, 6.07) is 7.92. The second-order valence-corrected chi connectivity index (χ2v) is 4.61. The average molecular weight is 299 g/mol. The normalized spacial score (nSPS) is 10.3. The van der Waals surface area contributed by atoms with Crippen LogP contribution in [0.25, 0.3) is 11.3 Å². The van der Waals surface area contributed by atoms with Gasteiger partial charge in [0.25, 0.3) is 0 Å². The molecular weight excluding hydrogens is 288 g/mol. The van der Waals surface area contributed by atoms with E-state index in [0.717, 1.165) is 35.4 Å². The van der Waals surface area contributed by atoms with Crippen LogP contribution in [0.15, 0.2) is 29.6 Å². The molecule has 0 saturated heterocycles. The van der Waals surface area contributed by atoms with Crippen LogP contribution in [0.2, 0.25) is 0 Å². The summed E-state index contributed by atoms with van der Waals surface area (Å²) in [7, 11) is 0. The van der Waals surface area contributed by atoms with Gasteiger partial charge in [-0.2, -0.15) is 0 Å². The Morgan fingerprint density at radius 2 is 2.06 bits per heavy atom. The molecule has 0 fully saturated rings. The molecule has 3 nitrogen and oxygen atoms in total. The number of nitrogens with zero attached hydrogens (tertiary/aromatic N) is 2. The molecule has 0 aliphatic carbocycles. The third-order valence-electron chi connectivity index (χ3n) is 2.06. The molecule has 0 saturated carbocycles. The lowest BCUT2D eigenvalue weighted by atomic mass is 10.2. The second-order valence-electron chi connectivity index (χ2n) is 3.21. The Morgan fingerprint density at radius 1 is 1.25 bits per heavy atom. The molecule has 0 spiro atoms. The van der Waals surface area contributed by atoms with Crippen molar-refractivity contribution in [2.75, 3.05) is 11.9 Å². The van der Waals surface area contributed by atoms with E-state index in [1.807, 2.05) is 29.6 Å². The first-order chi connectivity index (χ1) is 7.90. The summed E-state index contributed by atoms with van der Waals surface area (Å²) in [5.74, 6) is 0.896.